The second-order valence-electron chi connectivity index (χ2n) is 7.93. The third kappa shape index (κ3) is 4.77. The van der Waals surface area contributed by atoms with E-state index in [4.69, 9.17) is 4.74 Å². The number of hydrogen-bond donors (Lipinski definition) is 0. The van der Waals surface area contributed by atoms with Crippen molar-refractivity contribution in [2.24, 2.45) is 5.92 Å². The van der Waals surface area contributed by atoms with E-state index in [1.807, 2.05) is 11.0 Å². The fourth-order valence-corrected chi connectivity index (χ4v) is 3.94. The molecular formula is C21H33N3O2. The van der Waals surface area contributed by atoms with Gasteiger partial charge in [0.2, 0.25) is 0 Å². The molecule has 1 aromatic rings. The summed E-state index contributed by atoms with van der Waals surface area (Å²) in [6.07, 6.45) is 3.49. The zero-order valence-electron chi connectivity index (χ0n) is 16.5. The molecule has 2 fully saturated rings. The Morgan fingerprint density at radius 1 is 1.15 bits per heavy atom. The van der Waals surface area contributed by atoms with E-state index in [-0.39, 0.29) is 5.91 Å². The Morgan fingerprint density at radius 3 is 2.50 bits per heavy atom. The third-order valence-corrected chi connectivity index (χ3v) is 5.69. The molecule has 2 aliphatic rings. The maximum Gasteiger partial charge on any atom is 0.253 e. The predicted octanol–water partition coefficient (Wildman–Crippen LogP) is 2.64. The van der Waals surface area contributed by atoms with Crippen LogP contribution in [0.1, 0.15) is 35.2 Å². The molecule has 5 heteroatoms. The monoisotopic (exact) mass is 359 g/mol. The highest BCUT2D eigenvalue weighted by atomic mass is 16.5. The Labute approximate surface area is 157 Å². The smallest absolute Gasteiger partial charge is 0.253 e. The van der Waals surface area contributed by atoms with Gasteiger partial charge in [0.05, 0.1) is 13.2 Å². The molecule has 0 saturated carbocycles. The highest BCUT2D eigenvalue weighted by Gasteiger charge is 2.24. The largest absolute Gasteiger partial charge is 0.378 e. The fourth-order valence-electron chi connectivity index (χ4n) is 3.94. The molecule has 2 aliphatic heterocycles. The summed E-state index contributed by atoms with van der Waals surface area (Å²) in [6, 6.07) is 6.16. The van der Waals surface area contributed by atoms with Gasteiger partial charge in [0, 0.05) is 37.4 Å². The first-order chi connectivity index (χ1) is 12.5. The molecule has 2 heterocycles. The summed E-state index contributed by atoms with van der Waals surface area (Å²) in [5.41, 5.74) is 3.23. The number of aryl methyl sites for hydroxylation is 1. The standard InChI is InChI=1S/C21H33N3O2/c1-17-4-5-19(16-20(17)23-12-14-26-15-13-23)21(25)24-10-7-18(8-11-24)6-9-22(2)3/h4-5,16,18H,6-15H2,1-3H3. The van der Waals surface area contributed by atoms with Gasteiger partial charge in [-0.15, -0.1) is 0 Å². The Bertz CT molecular complexity index is 603. The maximum absolute atomic E-state index is 13.0. The molecule has 3 rings (SSSR count). The molecule has 1 aromatic carbocycles. The maximum atomic E-state index is 13.0. The number of anilines is 1. The molecule has 0 aliphatic carbocycles. The summed E-state index contributed by atoms with van der Waals surface area (Å²) < 4.78 is 5.46. The zero-order chi connectivity index (χ0) is 18.5. The quantitative estimate of drug-likeness (QED) is 0.810. The fraction of sp³-hybridized carbons (Fsp3) is 0.667. The summed E-state index contributed by atoms with van der Waals surface area (Å²) in [6.45, 7) is 8.35. The summed E-state index contributed by atoms with van der Waals surface area (Å²) >= 11 is 0. The van der Waals surface area contributed by atoms with Crippen molar-refractivity contribution in [2.75, 3.05) is 64.9 Å². The lowest BCUT2D eigenvalue weighted by molar-refractivity contribution is 0.0683. The van der Waals surface area contributed by atoms with Crippen LogP contribution in [0.4, 0.5) is 5.69 Å². The minimum Gasteiger partial charge on any atom is -0.378 e. The van der Waals surface area contributed by atoms with Crippen LogP contribution in [-0.2, 0) is 4.74 Å². The molecule has 0 N–H and O–H groups in total. The first-order valence-electron chi connectivity index (χ1n) is 9.92. The van der Waals surface area contributed by atoms with E-state index >= 15 is 0 Å². The van der Waals surface area contributed by atoms with Gasteiger partial charge >= 0.3 is 0 Å². The SMILES string of the molecule is Cc1ccc(C(=O)N2CCC(CCN(C)C)CC2)cc1N1CCOCC1. The zero-order valence-corrected chi connectivity index (χ0v) is 16.5. The lowest BCUT2D eigenvalue weighted by Crippen LogP contribution is -2.39. The summed E-state index contributed by atoms with van der Waals surface area (Å²) in [5, 5.41) is 0. The van der Waals surface area contributed by atoms with E-state index in [1.54, 1.807) is 0 Å². The number of carbonyl (C=O) groups is 1. The number of hydrogen-bond acceptors (Lipinski definition) is 4. The van der Waals surface area contributed by atoms with Crippen LogP contribution in [0.2, 0.25) is 0 Å². The highest BCUT2D eigenvalue weighted by molar-refractivity contribution is 5.95. The second kappa shape index (κ2) is 8.87. The van der Waals surface area contributed by atoms with Gasteiger partial charge in [-0.3, -0.25) is 4.79 Å². The van der Waals surface area contributed by atoms with Gasteiger partial charge in [-0.1, -0.05) is 6.07 Å². The number of benzene rings is 1. The Balaban J connectivity index is 1.61. The molecule has 5 nitrogen and oxygen atoms in total. The number of nitrogens with zero attached hydrogens (tertiary/aromatic N) is 3. The Morgan fingerprint density at radius 2 is 1.85 bits per heavy atom. The van der Waals surface area contributed by atoms with Gasteiger partial charge in [0.15, 0.2) is 0 Å². The molecule has 0 atom stereocenters. The number of likely N-dealkylation sites (tertiary alicyclic amines) is 1. The first-order valence-corrected chi connectivity index (χ1v) is 9.92. The molecular weight excluding hydrogens is 326 g/mol. The van der Waals surface area contributed by atoms with Crippen molar-refractivity contribution in [3.8, 4) is 0 Å². The van der Waals surface area contributed by atoms with Crippen molar-refractivity contribution < 1.29 is 9.53 Å². The van der Waals surface area contributed by atoms with Crippen LogP contribution in [0.15, 0.2) is 18.2 Å². The van der Waals surface area contributed by atoms with Crippen molar-refractivity contribution in [1.29, 1.82) is 0 Å². The van der Waals surface area contributed by atoms with E-state index in [1.165, 1.54) is 17.7 Å². The van der Waals surface area contributed by atoms with Crippen molar-refractivity contribution in [1.82, 2.24) is 9.80 Å². The molecule has 1 amide bonds. The molecule has 0 radical (unpaired) electrons. The van der Waals surface area contributed by atoms with Gasteiger partial charge < -0.3 is 19.4 Å². The van der Waals surface area contributed by atoms with Crippen LogP contribution in [0.3, 0.4) is 0 Å². The number of amides is 1. The molecule has 0 spiro atoms. The van der Waals surface area contributed by atoms with Crippen LogP contribution in [0.25, 0.3) is 0 Å². The lowest BCUT2D eigenvalue weighted by atomic mass is 9.93. The van der Waals surface area contributed by atoms with Gasteiger partial charge in [0.25, 0.3) is 5.91 Å². The average molecular weight is 360 g/mol. The summed E-state index contributed by atoms with van der Waals surface area (Å²) in [7, 11) is 4.25. The van der Waals surface area contributed by atoms with E-state index in [9.17, 15) is 4.79 Å². The minimum atomic E-state index is 0.186. The third-order valence-electron chi connectivity index (χ3n) is 5.69. The van der Waals surface area contributed by atoms with Crippen LogP contribution in [-0.4, -0.2) is 75.7 Å². The number of ether oxygens (including phenoxy) is 1. The second-order valence-corrected chi connectivity index (χ2v) is 7.93. The minimum absolute atomic E-state index is 0.186. The van der Waals surface area contributed by atoms with E-state index in [2.05, 4.69) is 43.0 Å². The van der Waals surface area contributed by atoms with Crippen molar-refractivity contribution in [2.45, 2.75) is 26.2 Å². The molecule has 144 valence electrons. The van der Waals surface area contributed by atoms with Crippen molar-refractivity contribution in [3.63, 3.8) is 0 Å². The Kier molecular flexibility index (Phi) is 6.54. The topological polar surface area (TPSA) is 36.0 Å². The van der Waals surface area contributed by atoms with Crippen molar-refractivity contribution in [3.05, 3.63) is 29.3 Å². The molecule has 2 saturated heterocycles. The van der Waals surface area contributed by atoms with Gasteiger partial charge in [-0.2, -0.15) is 0 Å². The van der Waals surface area contributed by atoms with Crippen LogP contribution in [0, 0.1) is 12.8 Å². The molecule has 0 aromatic heterocycles. The number of piperidine rings is 1. The van der Waals surface area contributed by atoms with E-state index in [0.29, 0.717) is 0 Å². The van der Waals surface area contributed by atoms with E-state index in [0.717, 1.165) is 70.3 Å². The normalized spacial score (nSPS) is 19.2. The van der Waals surface area contributed by atoms with Gasteiger partial charge in [-0.25, -0.2) is 0 Å². The number of rotatable bonds is 5. The average Bonchev–Trinajstić information content (AvgIpc) is 2.67. The van der Waals surface area contributed by atoms with Crippen LogP contribution >= 0.6 is 0 Å². The molecule has 0 bridgehead atoms. The van der Waals surface area contributed by atoms with Crippen LogP contribution in [0.5, 0.6) is 0 Å². The Hall–Kier alpha value is -1.59. The number of carbonyl (C=O) groups excluding carboxylic acids is 1. The van der Waals surface area contributed by atoms with E-state index < -0.39 is 0 Å². The molecule has 26 heavy (non-hydrogen) atoms. The summed E-state index contributed by atoms with van der Waals surface area (Å²) in [4.78, 5) is 19.6. The highest BCUT2D eigenvalue weighted by Crippen LogP contribution is 2.26. The van der Waals surface area contributed by atoms with Gasteiger partial charge in [-0.05, 0) is 70.4 Å². The van der Waals surface area contributed by atoms with Crippen LogP contribution < -0.4 is 4.90 Å². The first kappa shape index (κ1) is 19.2. The number of morpholine rings is 1. The lowest BCUT2D eigenvalue weighted by Gasteiger charge is -2.33. The predicted molar refractivity (Wildman–Crippen MR) is 106 cm³/mol. The van der Waals surface area contributed by atoms with Crippen molar-refractivity contribution >= 4 is 11.6 Å². The van der Waals surface area contributed by atoms with Gasteiger partial charge in [0.1, 0.15) is 0 Å². The summed E-state index contributed by atoms with van der Waals surface area (Å²) in [5.74, 6) is 0.939. The molecule has 0 unspecified atom stereocenters.